The maximum atomic E-state index is 12.8. The third-order valence-corrected chi connectivity index (χ3v) is 3.45. The molecule has 2 rings (SSSR count). The van der Waals surface area contributed by atoms with E-state index >= 15 is 0 Å². The van der Waals surface area contributed by atoms with Crippen molar-refractivity contribution in [1.29, 1.82) is 0 Å². The van der Waals surface area contributed by atoms with Gasteiger partial charge in [0, 0.05) is 24.7 Å². The van der Waals surface area contributed by atoms with E-state index in [4.69, 9.17) is 11.6 Å². The second kappa shape index (κ2) is 4.32. The first kappa shape index (κ1) is 11.8. The average molecular weight is 244 g/mol. The molecule has 0 atom stereocenters. The summed E-state index contributed by atoms with van der Waals surface area (Å²) in [5.41, 5.74) is 0.369. The Kier molecular flexibility index (Phi) is 3.19. The summed E-state index contributed by atoms with van der Waals surface area (Å²) in [5, 5.41) is 10.3. The van der Waals surface area contributed by atoms with Crippen molar-refractivity contribution < 1.29 is 9.50 Å². The van der Waals surface area contributed by atoms with Crippen molar-refractivity contribution in [2.45, 2.75) is 25.5 Å². The van der Waals surface area contributed by atoms with Gasteiger partial charge >= 0.3 is 0 Å². The van der Waals surface area contributed by atoms with E-state index in [-0.39, 0.29) is 5.82 Å². The maximum Gasteiger partial charge on any atom is 0.124 e. The van der Waals surface area contributed by atoms with Crippen LogP contribution in [0.25, 0.3) is 0 Å². The molecule has 0 saturated carbocycles. The monoisotopic (exact) mass is 243 g/mol. The number of nitrogens with zero attached hydrogens (tertiary/aromatic N) is 1. The van der Waals surface area contributed by atoms with E-state index in [2.05, 4.69) is 4.90 Å². The lowest BCUT2D eigenvalue weighted by molar-refractivity contribution is -0.103. The third-order valence-electron chi connectivity index (χ3n) is 3.10. The van der Waals surface area contributed by atoms with Crippen LogP contribution in [0, 0.1) is 5.82 Å². The lowest BCUT2D eigenvalue weighted by Crippen LogP contribution is -2.60. The van der Waals surface area contributed by atoms with Crippen LogP contribution in [0.4, 0.5) is 4.39 Å². The van der Waals surface area contributed by atoms with E-state index in [1.54, 1.807) is 6.07 Å². The fourth-order valence-corrected chi connectivity index (χ4v) is 2.24. The molecule has 1 aliphatic rings. The van der Waals surface area contributed by atoms with E-state index < -0.39 is 5.60 Å². The molecule has 1 heterocycles. The van der Waals surface area contributed by atoms with E-state index in [0.29, 0.717) is 24.7 Å². The first-order chi connectivity index (χ1) is 7.52. The normalized spacial score (nSPS) is 19.5. The summed E-state index contributed by atoms with van der Waals surface area (Å²) < 4.78 is 12.8. The summed E-state index contributed by atoms with van der Waals surface area (Å²) in [7, 11) is 0. The van der Waals surface area contributed by atoms with Crippen LogP contribution in [0.15, 0.2) is 18.2 Å². The van der Waals surface area contributed by atoms with E-state index in [1.807, 2.05) is 6.92 Å². The van der Waals surface area contributed by atoms with Crippen molar-refractivity contribution in [3.63, 3.8) is 0 Å². The van der Waals surface area contributed by atoms with E-state index in [9.17, 15) is 9.50 Å². The predicted octanol–water partition coefficient (Wildman–Crippen LogP) is 2.44. The van der Waals surface area contributed by atoms with Crippen molar-refractivity contribution >= 4 is 11.6 Å². The molecule has 0 amide bonds. The molecule has 0 spiro atoms. The molecule has 1 fully saturated rings. The molecule has 1 aliphatic heterocycles. The molecule has 0 aliphatic carbocycles. The highest BCUT2D eigenvalue weighted by atomic mass is 35.5. The predicted molar refractivity (Wildman–Crippen MR) is 61.9 cm³/mol. The molecule has 0 bridgehead atoms. The molecule has 1 saturated heterocycles. The summed E-state index contributed by atoms with van der Waals surface area (Å²) in [6, 6.07) is 4.43. The number of likely N-dealkylation sites (tertiary alicyclic amines) is 1. The summed E-state index contributed by atoms with van der Waals surface area (Å²) >= 11 is 5.93. The largest absolute Gasteiger partial charge is 0.387 e. The van der Waals surface area contributed by atoms with Crippen LogP contribution in [-0.2, 0) is 6.54 Å². The lowest BCUT2D eigenvalue weighted by Gasteiger charge is -2.46. The third kappa shape index (κ3) is 2.37. The van der Waals surface area contributed by atoms with Gasteiger partial charge in [-0.05, 0) is 24.1 Å². The molecule has 16 heavy (non-hydrogen) atoms. The van der Waals surface area contributed by atoms with Gasteiger partial charge in [-0.2, -0.15) is 0 Å². The highest BCUT2D eigenvalue weighted by Gasteiger charge is 2.39. The van der Waals surface area contributed by atoms with Crippen LogP contribution >= 0.6 is 11.6 Å². The highest BCUT2D eigenvalue weighted by Crippen LogP contribution is 2.27. The number of rotatable bonds is 3. The number of benzene rings is 1. The fraction of sp³-hybridized carbons (Fsp3) is 0.500. The zero-order valence-corrected chi connectivity index (χ0v) is 9.97. The Morgan fingerprint density at radius 1 is 1.50 bits per heavy atom. The van der Waals surface area contributed by atoms with Crippen LogP contribution in [0.3, 0.4) is 0 Å². The Balaban J connectivity index is 1.96. The van der Waals surface area contributed by atoms with Crippen LogP contribution < -0.4 is 0 Å². The molecule has 0 radical (unpaired) electrons. The average Bonchev–Trinajstić information content (AvgIpc) is 2.19. The Morgan fingerprint density at radius 3 is 2.75 bits per heavy atom. The van der Waals surface area contributed by atoms with E-state index in [1.165, 1.54) is 12.1 Å². The number of hydrogen-bond donors (Lipinski definition) is 1. The van der Waals surface area contributed by atoms with Crippen molar-refractivity contribution in [2.24, 2.45) is 0 Å². The molecule has 1 N–H and O–H groups in total. The summed E-state index contributed by atoms with van der Waals surface area (Å²) in [5.74, 6) is -0.317. The van der Waals surface area contributed by atoms with Gasteiger partial charge in [0.05, 0.1) is 5.60 Å². The molecule has 0 aromatic heterocycles. The van der Waals surface area contributed by atoms with Crippen LogP contribution in [-0.4, -0.2) is 28.7 Å². The maximum absolute atomic E-state index is 12.8. The van der Waals surface area contributed by atoms with Gasteiger partial charge in [0.1, 0.15) is 5.82 Å². The van der Waals surface area contributed by atoms with Crippen LogP contribution in [0.5, 0.6) is 0 Å². The van der Waals surface area contributed by atoms with Gasteiger partial charge in [0.25, 0.3) is 0 Å². The van der Waals surface area contributed by atoms with Crippen molar-refractivity contribution in [2.75, 3.05) is 13.1 Å². The Labute approximate surface area is 99.6 Å². The van der Waals surface area contributed by atoms with Crippen LogP contribution in [0.2, 0.25) is 5.02 Å². The number of halogens is 2. The van der Waals surface area contributed by atoms with Crippen molar-refractivity contribution in [1.82, 2.24) is 4.90 Å². The lowest BCUT2D eigenvalue weighted by atomic mass is 9.91. The molecule has 1 aromatic carbocycles. The van der Waals surface area contributed by atoms with Crippen molar-refractivity contribution in [3.8, 4) is 0 Å². The molecule has 4 heteroatoms. The van der Waals surface area contributed by atoms with Crippen LogP contribution in [0.1, 0.15) is 18.9 Å². The van der Waals surface area contributed by atoms with Crippen molar-refractivity contribution in [3.05, 3.63) is 34.6 Å². The van der Waals surface area contributed by atoms with Gasteiger partial charge in [-0.1, -0.05) is 24.6 Å². The minimum Gasteiger partial charge on any atom is -0.387 e. The minimum absolute atomic E-state index is 0.317. The fourth-order valence-electron chi connectivity index (χ4n) is 2.01. The first-order valence-electron chi connectivity index (χ1n) is 5.41. The molecular weight excluding hydrogens is 229 g/mol. The molecule has 1 aromatic rings. The Bertz CT molecular complexity index is 391. The second-order valence-electron chi connectivity index (χ2n) is 4.46. The number of β-amino-alcohol motifs (C(OH)–C–C–N with tert-alkyl or cyclic N) is 1. The summed E-state index contributed by atoms with van der Waals surface area (Å²) in [6.07, 6.45) is 0.765. The highest BCUT2D eigenvalue weighted by molar-refractivity contribution is 6.31. The molecule has 88 valence electrons. The Hall–Kier alpha value is -0.640. The standard InChI is InChI=1S/C12H15ClFNO/c1-2-12(16)7-15(8-12)6-9-3-4-10(14)5-11(9)13/h3-5,16H,2,6-8H2,1H3. The topological polar surface area (TPSA) is 23.5 Å². The first-order valence-corrected chi connectivity index (χ1v) is 5.79. The van der Waals surface area contributed by atoms with Gasteiger partial charge in [-0.3, -0.25) is 4.90 Å². The van der Waals surface area contributed by atoms with Gasteiger partial charge < -0.3 is 5.11 Å². The van der Waals surface area contributed by atoms with Gasteiger partial charge in [0.2, 0.25) is 0 Å². The van der Waals surface area contributed by atoms with Gasteiger partial charge in [-0.15, -0.1) is 0 Å². The minimum atomic E-state index is -0.535. The SMILES string of the molecule is CCC1(O)CN(Cc2ccc(F)cc2Cl)C1. The quantitative estimate of drug-likeness (QED) is 0.882. The number of hydrogen-bond acceptors (Lipinski definition) is 2. The van der Waals surface area contributed by atoms with Gasteiger partial charge in [0.15, 0.2) is 0 Å². The summed E-state index contributed by atoms with van der Waals surface area (Å²) in [4.78, 5) is 2.10. The van der Waals surface area contributed by atoms with E-state index in [0.717, 1.165) is 12.0 Å². The zero-order valence-electron chi connectivity index (χ0n) is 9.21. The molecule has 2 nitrogen and oxygen atoms in total. The summed E-state index contributed by atoms with van der Waals surface area (Å²) in [6.45, 7) is 3.97. The smallest absolute Gasteiger partial charge is 0.124 e. The zero-order chi connectivity index (χ0) is 11.8. The molecule has 0 unspecified atom stereocenters. The second-order valence-corrected chi connectivity index (χ2v) is 4.87. The Morgan fingerprint density at radius 2 is 2.19 bits per heavy atom. The van der Waals surface area contributed by atoms with Gasteiger partial charge in [-0.25, -0.2) is 4.39 Å². The number of aliphatic hydroxyl groups is 1. The molecular formula is C12H15ClFNO.